The van der Waals surface area contributed by atoms with Crippen LogP contribution in [0, 0.1) is 5.92 Å². The summed E-state index contributed by atoms with van der Waals surface area (Å²) < 4.78 is 0. The lowest BCUT2D eigenvalue weighted by atomic mass is 10.1. The number of benzene rings is 1. The van der Waals surface area contributed by atoms with Gasteiger partial charge in [0, 0.05) is 30.1 Å². The molecule has 1 fully saturated rings. The third-order valence-electron chi connectivity index (χ3n) is 3.95. The molecule has 0 aromatic heterocycles. The van der Waals surface area contributed by atoms with Crippen LogP contribution in [0.2, 0.25) is 5.02 Å². The van der Waals surface area contributed by atoms with Crippen molar-refractivity contribution >= 4 is 17.5 Å². The van der Waals surface area contributed by atoms with Gasteiger partial charge in [-0.15, -0.1) is 0 Å². The van der Waals surface area contributed by atoms with Gasteiger partial charge in [-0.3, -0.25) is 4.79 Å². The second-order valence-electron chi connectivity index (χ2n) is 5.45. The van der Waals surface area contributed by atoms with Gasteiger partial charge in [0.15, 0.2) is 0 Å². The molecule has 2 N–H and O–H groups in total. The second kappa shape index (κ2) is 5.51. The maximum atomic E-state index is 11.5. The molecule has 1 unspecified atom stereocenters. The smallest absolute Gasteiger partial charge is 0.223 e. The maximum Gasteiger partial charge on any atom is 0.223 e. The highest BCUT2D eigenvalue weighted by Crippen LogP contribution is 2.32. The van der Waals surface area contributed by atoms with Crippen LogP contribution in [0.5, 0.6) is 0 Å². The van der Waals surface area contributed by atoms with Gasteiger partial charge in [-0.1, -0.05) is 17.7 Å². The zero-order valence-corrected chi connectivity index (χ0v) is 11.7. The van der Waals surface area contributed by atoms with Crippen molar-refractivity contribution in [2.24, 2.45) is 5.92 Å². The van der Waals surface area contributed by atoms with E-state index in [1.807, 2.05) is 6.07 Å². The number of carbonyl (C=O) groups excluding carboxylic acids is 1. The maximum absolute atomic E-state index is 11.5. The van der Waals surface area contributed by atoms with Crippen LogP contribution in [0.1, 0.15) is 36.4 Å². The third-order valence-corrected chi connectivity index (χ3v) is 4.18. The monoisotopic (exact) mass is 278 g/mol. The van der Waals surface area contributed by atoms with Gasteiger partial charge in [0.2, 0.25) is 5.91 Å². The predicted molar refractivity (Wildman–Crippen MR) is 76.3 cm³/mol. The Morgan fingerprint density at radius 3 is 2.89 bits per heavy atom. The van der Waals surface area contributed by atoms with E-state index in [0.29, 0.717) is 12.0 Å². The largest absolute Gasteiger partial charge is 0.355 e. The zero-order valence-electron chi connectivity index (χ0n) is 10.9. The van der Waals surface area contributed by atoms with Gasteiger partial charge in [-0.2, -0.15) is 0 Å². The minimum atomic E-state index is 0.223. The number of hydrogen-bond acceptors (Lipinski definition) is 2. The van der Waals surface area contributed by atoms with Crippen molar-refractivity contribution in [2.45, 2.75) is 31.7 Å². The lowest BCUT2D eigenvalue weighted by molar-refractivity contribution is -0.122. The average molecular weight is 279 g/mol. The van der Waals surface area contributed by atoms with Crippen LogP contribution >= 0.6 is 11.6 Å². The van der Waals surface area contributed by atoms with E-state index in [4.69, 9.17) is 11.6 Å². The van der Waals surface area contributed by atoms with Crippen molar-refractivity contribution in [1.82, 2.24) is 10.6 Å². The minimum absolute atomic E-state index is 0.223. The fourth-order valence-electron chi connectivity index (χ4n) is 2.72. The van der Waals surface area contributed by atoms with Gasteiger partial charge in [-0.05, 0) is 48.9 Å². The molecule has 3 nitrogen and oxygen atoms in total. The Morgan fingerprint density at radius 2 is 2.11 bits per heavy atom. The van der Waals surface area contributed by atoms with E-state index >= 15 is 0 Å². The Hall–Kier alpha value is -1.06. The SMILES string of the molecule is O=C(NCCNC1CCc2cc(Cl)ccc21)C1CC1. The molecule has 1 amide bonds. The summed E-state index contributed by atoms with van der Waals surface area (Å²) in [4.78, 5) is 11.5. The van der Waals surface area contributed by atoms with Crippen LogP contribution in [-0.2, 0) is 11.2 Å². The van der Waals surface area contributed by atoms with Crippen molar-refractivity contribution in [3.05, 3.63) is 34.3 Å². The van der Waals surface area contributed by atoms with E-state index < -0.39 is 0 Å². The molecule has 0 radical (unpaired) electrons. The van der Waals surface area contributed by atoms with Crippen LogP contribution in [0.3, 0.4) is 0 Å². The van der Waals surface area contributed by atoms with Gasteiger partial charge in [0.05, 0.1) is 0 Å². The van der Waals surface area contributed by atoms with Gasteiger partial charge in [0.1, 0.15) is 0 Å². The number of carbonyl (C=O) groups is 1. The topological polar surface area (TPSA) is 41.1 Å². The van der Waals surface area contributed by atoms with E-state index in [-0.39, 0.29) is 5.91 Å². The minimum Gasteiger partial charge on any atom is -0.355 e. The summed E-state index contributed by atoms with van der Waals surface area (Å²) >= 11 is 6.00. The van der Waals surface area contributed by atoms with Crippen molar-refractivity contribution < 1.29 is 4.79 Å². The number of aryl methyl sites for hydroxylation is 1. The van der Waals surface area contributed by atoms with Crippen molar-refractivity contribution in [1.29, 1.82) is 0 Å². The molecule has 1 aromatic rings. The molecule has 1 saturated carbocycles. The predicted octanol–water partition coefficient (Wildman–Crippen LogP) is 2.44. The summed E-state index contributed by atoms with van der Waals surface area (Å²) in [5.74, 6) is 0.523. The van der Waals surface area contributed by atoms with E-state index in [9.17, 15) is 4.79 Å². The summed E-state index contributed by atoms with van der Waals surface area (Å²) in [6.45, 7) is 1.54. The number of halogens is 1. The Morgan fingerprint density at radius 1 is 1.26 bits per heavy atom. The highest BCUT2D eigenvalue weighted by molar-refractivity contribution is 6.30. The molecule has 0 aliphatic heterocycles. The summed E-state index contributed by atoms with van der Waals surface area (Å²) in [6, 6.07) is 6.54. The molecular weight excluding hydrogens is 260 g/mol. The first-order valence-corrected chi connectivity index (χ1v) is 7.41. The highest BCUT2D eigenvalue weighted by atomic mass is 35.5. The molecule has 19 heavy (non-hydrogen) atoms. The fraction of sp³-hybridized carbons (Fsp3) is 0.533. The molecule has 0 spiro atoms. The molecule has 2 aliphatic carbocycles. The first-order valence-electron chi connectivity index (χ1n) is 7.03. The van der Waals surface area contributed by atoms with Crippen molar-refractivity contribution in [3.8, 4) is 0 Å². The van der Waals surface area contributed by atoms with E-state index in [1.165, 1.54) is 11.1 Å². The third kappa shape index (κ3) is 3.10. The van der Waals surface area contributed by atoms with Crippen LogP contribution in [0.15, 0.2) is 18.2 Å². The molecule has 3 rings (SSSR count). The number of amides is 1. The number of rotatable bonds is 5. The summed E-state index contributed by atoms with van der Waals surface area (Å²) in [5.41, 5.74) is 2.71. The Labute approximate surface area is 118 Å². The fourth-order valence-corrected chi connectivity index (χ4v) is 2.91. The average Bonchev–Trinajstić information content (AvgIpc) is 3.17. The van der Waals surface area contributed by atoms with Crippen molar-refractivity contribution in [3.63, 3.8) is 0 Å². The zero-order chi connectivity index (χ0) is 13.2. The molecule has 0 heterocycles. The number of nitrogens with one attached hydrogen (secondary N) is 2. The molecule has 2 aliphatic rings. The summed E-state index contributed by atoms with van der Waals surface area (Å²) in [6.07, 6.45) is 4.33. The van der Waals surface area contributed by atoms with Gasteiger partial charge in [-0.25, -0.2) is 0 Å². The molecule has 1 atom stereocenters. The lowest BCUT2D eigenvalue weighted by Crippen LogP contribution is -2.33. The van der Waals surface area contributed by atoms with Gasteiger partial charge < -0.3 is 10.6 Å². The quantitative estimate of drug-likeness (QED) is 0.813. The second-order valence-corrected chi connectivity index (χ2v) is 5.89. The number of hydrogen-bond donors (Lipinski definition) is 2. The normalized spacial score (nSPS) is 21.2. The highest BCUT2D eigenvalue weighted by Gasteiger charge is 2.29. The standard InChI is InChI=1S/C15H19ClN2O/c16-12-4-5-13-11(9-12)3-6-14(13)17-7-8-18-15(19)10-1-2-10/h4-5,9-10,14,17H,1-3,6-8H2,(H,18,19). The molecule has 0 saturated heterocycles. The van der Waals surface area contributed by atoms with Crippen LogP contribution in [0.25, 0.3) is 0 Å². The van der Waals surface area contributed by atoms with Gasteiger partial charge >= 0.3 is 0 Å². The Bertz CT molecular complexity index is 485. The summed E-state index contributed by atoms with van der Waals surface area (Å²) in [7, 11) is 0. The Balaban J connectivity index is 1.45. The first kappa shape index (κ1) is 12.9. The molecule has 102 valence electrons. The lowest BCUT2D eigenvalue weighted by Gasteiger charge is -2.14. The van der Waals surface area contributed by atoms with E-state index in [0.717, 1.165) is 43.8 Å². The first-order chi connectivity index (χ1) is 9.24. The van der Waals surface area contributed by atoms with E-state index in [1.54, 1.807) is 0 Å². The van der Waals surface area contributed by atoms with E-state index in [2.05, 4.69) is 22.8 Å². The summed E-state index contributed by atoms with van der Waals surface area (Å²) in [5, 5.41) is 7.31. The van der Waals surface area contributed by atoms with Gasteiger partial charge in [0.25, 0.3) is 0 Å². The molecular formula is C15H19ClN2O. The molecule has 1 aromatic carbocycles. The van der Waals surface area contributed by atoms with Crippen LogP contribution in [-0.4, -0.2) is 19.0 Å². The Kier molecular flexibility index (Phi) is 3.76. The number of fused-ring (bicyclic) bond motifs is 1. The molecule has 0 bridgehead atoms. The van der Waals surface area contributed by atoms with Crippen LogP contribution < -0.4 is 10.6 Å². The molecule has 4 heteroatoms. The van der Waals surface area contributed by atoms with Crippen molar-refractivity contribution in [2.75, 3.05) is 13.1 Å². The van der Waals surface area contributed by atoms with Crippen LogP contribution in [0.4, 0.5) is 0 Å².